The topological polar surface area (TPSA) is 29.1 Å². The predicted octanol–water partition coefficient (Wildman–Crippen LogP) is -0.205. The van der Waals surface area contributed by atoms with E-state index in [1.54, 1.807) is 0 Å². The first kappa shape index (κ1) is 4.50. The summed E-state index contributed by atoms with van der Waals surface area (Å²) >= 11 is 0. The highest BCUT2D eigenvalue weighted by Crippen LogP contribution is 2.37. The van der Waals surface area contributed by atoms with Crippen LogP contribution >= 0.6 is 0 Å². The Labute approximate surface area is 48.3 Å². The zero-order valence-corrected chi connectivity index (χ0v) is 4.68. The fourth-order valence-corrected chi connectivity index (χ4v) is 1.45. The maximum Gasteiger partial charge on any atom is 0.141 e. The summed E-state index contributed by atoms with van der Waals surface area (Å²) in [7, 11) is 0. The molecule has 1 aliphatic carbocycles. The fourth-order valence-electron chi connectivity index (χ4n) is 1.45. The lowest BCUT2D eigenvalue weighted by atomic mass is 10.2. The van der Waals surface area contributed by atoms with Gasteiger partial charge in [0.05, 0.1) is 0 Å². The van der Waals surface area contributed by atoms with Crippen LogP contribution < -0.4 is 5.32 Å². The molecule has 2 atom stereocenters. The SMILES string of the molecule is O=C1C2CCNCC12. The van der Waals surface area contributed by atoms with Crippen molar-refractivity contribution in [3.8, 4) is 0 Å². The standard InChI is InChI=1S/C6H9NO/c8-6-4-1-2-7-3-5(4)6/h4-5,7H,1-3H2. The van der Waals surface area contributed by atoms with Gasteiger partial charge in [0, 0.05) is 18.4 Å². The number of carbonyl (C=O) groups is 1. The third-order valence-electron chi connectivity index (χ3n) is 2.10. The molecule has 2 rings (SSSR count). The predicted molar refractivity (Wildman–Crippen MR) is 29.5 cm³/mol. The van der Waals surface area contributed by atoms with Crippen LogP contribution in [0.3, 0.4) is 0 Å². The minimum Gasteiger partial charge on any atom is -0.316 e. The van der Waals surface area contributed by atoms with Crippen LogP contribution in [0.2, 0.25) is 0 Å². The van der Waals surface area contributed by atoms with Gasteiger partial charge in [0.15, 0.2) is 0 Å². The number of Topliss-reactive ketones (excluding diaryl/α,β-unsaturated/α-hetero) is 1. The van der Waals surface area contributed by atoms with E-state index >= 15 is 0 Å². The number of nitrogens with one attached hydrogen (secondary N) is 1. The van der Waals surface area contributed by atoms with Gasteiger partial charge in [0.25, 0.3) is 0 Å². The number of hydrogen-bond acceptors (Lipinski definition) is 2. The van der Waals surface area contributed by atoms with Crippen LogP contribution in [0.25, 0.3) is 0 Å². The maximum atomic E-state index is 10.7. The van der Waals surface area contributed by atoms with E-state index in [-0.39, 0.29) is 0 Å². The van der Waals surface area contributed by atoms with Crippen LogP contribution in [-0.2, 0) is 4.79 Å². The van der Waals surface area contributed by atoms with Crippen molar-refractivity contribution in [3.05, 3.63) is 0 Å². The Hall–Kier alpha value is -0.370. The van der Waals surface area contributed by atoms with Crippen LogP contribution in [0.1, 0.15) is 6.42 Å². The number of hydrogen-bond donors (Lipinski definition) is 1. The van der Waals surface area contributed by atoms with Crippen molar-refractivity contribution in [2.75, 3.05) is 13.1 Å². The number of carbonyl (C=O) groups excluding carboxylic acids is 1. The molecule has 1 saturated heterocycles. The Morgan fingerprint density at radius 3 is 2.88 bits per heavy atom. The zero-order chi connectivity index (χ0) is 5.56. The Morgan fingerprint density at radius 2 is 2.38 bits per heavy atom. The highest BCUT2D eigenvalue weighted by molar-refractivity contribution is 5.99. The van der Waals surface area contributed by atoms with Gasteiger partial charge in [-0.2, -0.15) is 0 Å². The molecule has 0 spiro atoms. The monoisotopic (exact) mass is 111 g/mol. The van der Waals surface area contributed by atoms with Crippen LogP contribution in [0.5, 0.6) is 0 Å². The number of rotatable bonds is 0. The maximum absolute atomic E-state index is 10.7. The summed E-state index contributed by atoms with van der Waals surface area (Å²) in [5, 5.41) is 3.19. The average molecular weight is 111 g/mol. The Bertz CT molecular complexity index is 118. The highest BCUT2D eigenvalue weighted by atomic mass is 16.1. The molecule has 2 unspecified atom stereocenters. The Morgan fingerprint density at radius 1 is 1.50 bits per heavy atom. The van der Waals surface area contributed by atoms with Gasteiger partial charge in [0.1, 0.15) is 5.78 Å². The van der Waals surface area contributed by atoms with Gasteiger partial charge in [-0.05, 0) is 13.0 Å². The molecular weight excluding hydrogens is 102 g/mol. The molecule has 2 aliphatic rings. The van der Waals surface area contributed by atoms with Gasteiger partial charge in [-0.25, -0.2) is 0 Å². The molecule has 1 N–H and O–H groups in total. The molecule has 1 heterocycles. The van der Waals surface area contributed by atoms with Crippen molar-refractivity contribution in [2.45, 2.75) is 6.42 Å². The molecule has 2 heteroatoms. The lowest BCUT2D eigenvalue weighted by molar-refractivity contribution is -0.111. The first-order chi connectivity index (χ1) is 3.89. The van der Waals surface area contributed by atoms with Crippen LogP contribution in [-0.4, -0.2) is 18.9 Å². The normalized spacial score (nSPS) is 43.8. The molecule has 44 valence electrons. The van der Waals surface area contributed by atoms with Gasteiger partial charge in [-0.3, -0.25) is 4.79 Å². The molecule has 8 heavy (non-hydrogen) atoms. The molecule has 2 nitrogen and oxygen atoms in total. The van der Waals surface area contributed by atoms with Gasteiger partial charge in [0.2, 0.25) is 0 Å². The number of ketones is 1. The largest absolute Gasteiger partial charge is 0.316 e. The van der Waals surface area contributed by atoms with Crippen molar-refractivity contribution >= 4 is 5.78 Å². The summed E-state index contributed by atoms with van der Waals surface area (Å²) in [6, 6.07) is 0. The quantitative estimate of drug-likeness (QED) is 0.469. The molecule has 0 aromatic carbocycles. The van der Waals surface area contributed by atoms with Crippen molar-refractivity contribution in [2.24, 2.45) is 11.8 Å². The third kappa shape index (κ3) is 0.436. The molecule has 0 amide bonds. The molecule has 1 saturated carbocycles. The van der Waals surface area contributed by atoms with Gasteiger partial charge in [-0.15, -0.1) is 0 Å². The highest BCUT2D eigenvalue weighted by Gasteiger charge is 2.49. The Balaban J connectivity index is 2.07. The van der Waals surface area contributed by atoms with E-state index in [1.807, 2.05) is 0 Å². The molecule has 0 aromatic rings. The van der Waals surface area contributed by atoms with Gasteiger partial charge < -0.3 is 5.32 Å². The van der Waals surface area contributed by atoms with Crippen LogP contribution in [0.4, 0.5) is 0 Å². The lowest BCUT2D eigenvalue weighted by Gasteiger charge is -2.06. The Kier molecular flexibility index (Phi) is 0.742. The summed E-state index contributed by atoms with van der Waals surface area (Å²) in [6.45, 7) is 2.00. The van der Waals surface area contributed by atoms with Crippen molar-refractivity contribution in [1.29, 1.82) is 0 Å². The minimum atomic E-state index is 0.420. The second-order valence-electron chi connectivity index (χ2n) is 2.61. The van der Waals surface area contributed by atoms with Crippen molar-refractivity contribution in [1.82, 2.24) is 5.32 Å². The molecule has 1 aliphatic heterocycles. The smallest absolute Gasteiger partial charge is 0.141 e. The van der Waals surface area contributed by atoms with Crippen LogP contribution in [0, 0.1) is 11.8 Å². The zero-order valence-electron chi connectivity index (χ0n) is 4.68. The van der Waals surface area contributed by atoms with E-state index in [0.29, 0.717) is 17.6 Å². The summed E-state index contributed by atoms with van der Waals surface area (Å²) in [4.78, 5) is 10.7. The van der Waals surface area contributed by atoms with E-state index in [9.17, 15) is 4.79 Å². The van der Waals surface area contributed by atoms with Crippen molar-refractivity contribution < 1.29 is 4.79 Å². The van der Waals surface area contributed by atoms with Gasteiger partial charge >= 0.3 is 0 Å². The molecule has 0 radical (unpaired) electrons. The molecule has 0 bridgehead atoms. The number of fused-ring (bicyclic) bond motifs is 1. The second-order valence-corrected chi connectivity index (χ2v) is 2.61. The first-order valence-corrected chi connectivity index (χ1v) is 3.14. The molecular formula is C6H9NO. The first-order valence-electron chi connectivity index (χ1n) is 3.14. The summed E-state index contributed by atoms with van der Waals surface area (Å²) in [5.74, 6) is 1.38. The van der Waals surface area contributed by atoms with Crippen molar-refractivity contribution in [3.63, 3.8) is 0 Å². The summed E-state index contributed by atoms with van der Waals surface area (Å²) in [5.41, 5.74) is 0. The van der Waals surface area contributed by atoms with E-state index in [2.05, 4.69) is 5.32 Å². The van der Waals surface area contributed by atoms with E-state index in [4.69, 9.17) is 0 Å². The number of piperidine rings is 1. The van der Waals surface area contributed by atoms with E-state index in [1.165, 1.54) is 0 Å². The van der Waals surface area contributed by atoms with Crippen LogP contribution in [0.15, 0.2) is 0 Å². The third-order valence-corrected chi connectivity index (χ3v) is 2.10. The molecule has 2 fully saturated rings. The summed E-state index contributed by atoms with van der Waals surface area (Å²) in [6.07, 6.45) is 1.09. The fraction of sp³-hybridized carbons (Fsp3) is 0.833. The minimum absolute atomic E-state index is 0.420. The summed E-state index contributed by atoms with van der Waals surface area (Å²) < 4.78 is 0. The lowest BCUT2D eigenvalue weighted by Crippen LogP contribution is -2.23. The van der Waals surface area contributed by atoms with E-state index in [0.717, 1.165) is 19.5 Å². The van der Waals surface area contributed by atoms with Gasteiger partial charge in [-0.1, -0.05) is 0 Å². The second kappa shape index (κ2) is 1.32. The average Bonchev–Trinajstić information content (AvgIpc) is 2.46. The van der Waals surface area contributed by atoms with E-state index < -0.39 is 0 Å². The molecule has 0 aromatic heterocycles.